The van der Waals surface area contributed by atoms with Crippen LogP contribution in [0.15, 0.2) is 59.5 Å². The number of nitrogens with one attached hydrogen (secondary N) is 1. The largest absolute Gasteiger partial charge is 0.310 e. The van der Waals surface area contributed by atoms with Crippen LogP contribution in [-0.2, 0) is 14.8 Å². The average molecular weight is 459 g/mol. The van der Waals surface area contributed by atoms with Gasteiger partial charge in [0.1, 0.15) is 5.82 Å². The lowest BCUT2D eigenvalue weighted by Gasteiger charge is -2.37. The van der Waals surface area contributed by atoms with Crippen LogP contribution in [0.4, 0.5) is 10.1 Å². The summed E-state index contributed by atoms with van der Waals surface area (Å²) in [7, 11) is -3.73. The molecule has 1 saturated heterocycles. The van der Waals surface area contributed by atoms with Crippen molar-refractivity contribution in [3.8, 4) is 6.07 Å². The maximum atomic E-state index is 13.2. The summed E-state index contributed by atoms with van der Waals surface area (Å²) in [6.45, 7) is 3.28. The zero-order valence-electron chi connectivity index (χ0n) is 17.9. The van der Waals surface area contributed by atoms with E-state index >= 15 is 0 Å². The number of benzene rings is 2. The molecular formula is C23H27FN4O3S. The van der Waals surface area contributed by atoms with Gasteiger partial charge in [-0.15, -0.1) is 0 Å². The van der Waals surface area contributed by atoms with Crippen LogP contribution in [0.25, 0.3) is 0 Å². The number of carbonyl (C=O) groups excluding carboxylic acids is 1. The minimum Gasteiger partial charge on any atom is -0.310 e. The second kappa shape index (κ2) is 10.7. The van der Waals surface area contributed by atoms with E-state index in [-0.39, 0.29) is 23.3 Å². The average Bonchev–Trinajstić information content (AvgIpc) is 2.80. The molecule has 1 atom stereocenters. The third-order valence-corrected chi connectivity index (χ3v) is 7.20. The lowest BCUT2D eigenvalue weighted by Crippen LogP contribution is -2.52. The second-order valence-corrected chi connectivity index (χ2v) is 9.51. The first-order chi connectivity index (χ1) is 15.3. The summed E-state index contributed by atoms with van der Waals surface area (Å²) in [5.41, 5.74) is 0.751. The van der Waals surface area contributed by atoms with Gasteiger partial charge in [0.15, 0.2) is 0 Å². The van der Waals surface area contributed by atoms with E-state index in [1.807, 2.05) is 42.2 Å². The van der Waals surface area contributed by atoms with Crippen LogP contribution < -0.4 is 9.62 Å². The molecular weight excluding hydrogens is 431 g/mol. The standard InChI is InChI=1S/C23H27FN4O3S/c1-18(23(29)28(15-5-14-25)21-6-3-2-4-7-21)27-16-12-20(13-17-27)26-32(30,31)22-10-8-19(24)9-11-22/h2-4,6-11,18,20,26H,5,12-13,15-17H2,1H3. The van der Waals surface area contributed by atoms with E-state index in [1.165, 1.54) is 12.1 Å². The van der Waals surface area contributed by atoms with Gasteiger partial charge in [0.05, 0.1) is 23.4 Å². The molecule has 7 nitrogen and oxygen atoms in total. The summed E-state index contributed by atoms with van der Waals surface area (Å²) in [5.74, 6) is -0.577. The number of nitriles is 1. The number of nitrogens with zero attached hydrogens (tertiary/aromatic N) is 3. The number of rotatable bonds is 8. The number of carbonyl (C=O) groups is 1. The van der Waals surface area contributed by atoms with Gasteiger partial charge in [0.25, 0.3) is 0 Å². The van der Waals surface area contributed by atoms with Crippen LogP contribution in [0.5, 0.6) is 0 Å². The zero-order valence-corrected chi connectivity index (χ0v) is 18.8. The summed E-state index contributed by atoms with van der Waals surface area (Å²) in [5, 5.41) is 8.98. The minimum atomic E-state index is -3.73. The summed E-state index contributed by atoms with van der Waals surface area (Å²) in [6, 6.07) is 15.4. The number of hydrogen-bond acceptors (Lipinski definition) is 5. The van der Waals surface area contributed by atoms with Crippen LogP contribution in [0.1, 0.15) is 26.2 Å². The molecule has 1 amide bonds. The normalized spacial score (nSPS) is 16.3. The van der Waals surface area contributed by atoms with Gasteiger partial charge < -0.3 is 4.90 Å². The Kier molecular flexibility index (Phi) is 7.96. The Morgan fingerprint density at radius 1 is 1.19 bits per heavy atom. The molecule has 0 radical (unpaired) electrons. The number of piperidine rings is 1. The maximum Gasteiger partial charge on any atom is 0.244 e. The predicted octanol–water partition coefficient (Wildman–Crippen LogP) is 2.90. The quantitative estimate of drug-likeness (QED) is 0.657. The molecule has 0 spiro atoms. The Balaban J connectivity index is 1.60. The highest BCUT2D eigenvalue weighted by atomic mass is 32.2. The molecule has 32 heavy (non-hydrogen) atoms. The molecule has 0 saturated carbocycles. The Morgan fingerprint density at radius 2 is 1.81 bits per heavy atom. The number of amides is 1. The molecule has 0 aliphatic carbocycles. The summed E-state index contributed by atoms with van der Waals surface area (Å²) < 4.78 is 40.9. The molecule has 1 unspecified atom stereocenters. The van der Waals surface area contributed by atoms with Gasteiger partial charge in [0.2, 0.25) is 15.9 Å². The van der Waals surface area contributed by atoms with Crippen molar-refractivity contribution in [1.29, 1.82) is 5.26 Å². The van der Waals surface area contributed by atoms with E-state index in [0.29, 0.717) is 32.5 Å². The van der Waals surface area contributed by atoms with Crippen molar-refractivity contribution in [1.82, 2.24) is 9.62 Å². The highest BCUT2D eigenvalue weighted by Crippen LogP contribution is 2.21. The number of anilines is 1. The van der Waals surface area contributed by atoms with Crippen LogP contribution >= 0.6 is 0 Å². The van der Waals surface area contributed by atoms with Crippen molar-refractivity contribution >= 4 is 21.6 Å². The fourth-order valence-corrected chi connectivity index (χ4v) is 5.13. The van der Waals surface area contributed by atoms with Crippen LogP contribution in [-0.4, -0.2) is 50.9 Å². The van der Waals surface area contributed by atoms with Gasteiger partial charge >= 0.3 is 0 Å². The van der Waals surface area contributed by atoms with Gasteiger partial charge in [-0.2, -0.15) is 5.26 Å². The van der Waals surface area contributed by atoms with Crippen molar-refractivity contribution in [2.75, 3.05) is 24.5 Å². The number of hydrogen-bond donors (Lipinski definition) is 1. The Bertz CT molecular complexity index is 1050. The second-order valence-electron chi connectivity index (χ2n) is 7.79. The van der Waals surface area contributed by atoms with E-state index in [9.17, 15) is 17.6 Å². The molecule has 2 aromatic carbocycles. The monoisotopic (exact) mass is 458 g/mol. The van der Waals surface area contributed by atoms with Crippen LogP contribution in [0.3, 0.4) is 0 Å². The van der Waals surface area contributed by atoms with E-state index in [4.69, 9.17) is 5.26 Å². The molecule has 0 aromatic heterocycles. The van der Waals surface area contributed by atoms with Gasteiger partial charge in [-0.05, 0) is 56.2 Å². The number of sulfonamides is 1. The summed E-state index contributed by atoms with van der Waals surface area (Å²) >= 11 is 0. The van der Waals surface area contributed by atoms with E-state index in [1.54, 1.807) is 4.90 Å². The fraction of sp³-hybridized carbons (Fsp3) is 0.391. The van der Waals surface area contributed by atoms with Crippen LogP contribution in [0, 0.1) is 17.1 Å². The topological polar surface area (TPSA) is 93.5 Å². The smallest absolute Gasteiger partial charge is 0.244 e. The van der Waals surface area contributed by atoms with Crippen molar-refractivity contribution in [2.24, 2.45) is 0 Å². The van der Waals surface area contributed by atoms with Gasteiger partial charge in [-0.1, -0.05) is 18.2 Å². The van der Waals surface area contributed by atoms with Gasteiger partial charge in [0, 0.05) is 31.4 Å². The molecule has 9 heteroatoms. The van der Waals surface area contributed by atoms with Crippen molar-refractivity contribution < 1.29 is 17.6 Å². The highest BCUT2D eigenvalue weighted by Gasteiger charge is 2.31. The SMILES string of the molecule is CC(C(=O)N(CCC#N)c1ccccc1)N1CCC(NS(=O)(=O)c2ccc(F)cc2)CC1. The first-order valence-corrected chi connectivity index (χ1v) is 12.1. The molecule has 3 rings (SSSR count). The number of likely N-dealkylation sites (tertiary alicyclic amines) is 1. The molecule has 1 N–H and O–H groups in total. The Morgan fingerprint density at radius 3 is 2.41 bits per heavy atom. The van der Waals surface area contributed by atoms with E-state index in [0.717, 1.165) is 17.8 Å². The molecule has 2 aromatic rings. The molecule has 1 aliphatic rings. The zero-order chi connectivity index (χ0) is 23.1. The molecule has 1 aliphatic heterocycles. The van der Waals surface area contributed by atoms with E-state index < -0.39 is 21.9 Å². The van der Waals surface area contributed by atoms with Gasteiger partial charge in [-0.3, -0.25) is 9.69 Å². The van der Waals surface area contributed by atoms with Crippen molar-refractivity contribution in [3.63, 3.8) is 0 Å². The van der Waals surface area contributed by atoms with E-state index in [2.05, 4.69) is 10.8 Å². The van der Waals surface area contributed by atoms with Gasteiger partial charge in [-0.25, -0.2) is 17.5 Å². The molecule has 170 valence electrons. The Hall–Kier alpha value is -2.80. The van der Waals surface area contributed by atoms with Crippen LogP contribution in [0.2, 0.25) is 0 Å². The molecule has 1 fully saturated rings. The lowest BCUT2D eigenvalue weighted by molar-refractivity contribution is -0.123. The number of para-hydroxylation sites is 1. The summed E-state index contributed by atoms with van der Waals surface area (Å²) in [6.07, 6.45) is 1.35. The minimum absolute atomic E-state index is 0.0286. The first kappa shape index (κ1) is 23.9. The van der Waals surface area contributed by atoms with Crippen molar-refractivity contribution in [3.05, 3.63) is 60.4 Å². The Labute approximate surface area is 188 Å². The third kappa shape index (κ3) is 5.91. The predicted molar refractivity (Wildman–Crippen MR) is 120 cm³/mol. The molecule has 1 heterocycles. The summed E-state index contributed by atoms with van der Waals surface area (Å²) in [4.78, 5) is 16.9. The van der Waals surface area contributed by atoms with Crippen molar-refractivity contribution in [2.45, 2.75) is 43.2 Å². The fourth-order valence-electron chi connectivity index (χ4n) is 3.82. The number of halogens is 1. The maximum absolute atomic E-state index is 13.2. The lowest BCUT2D eigenvalue weighted by atomic mass is 10.0. The third-order valence-electron chi connectivity index (χ3n) is 5.66. The highest BCUT2D eigenvalue weighted by molar-refractivity contribution is 7.89. The molecule has 0 bridgehead atoms. The first-order valence-electron chi connectivity index (χ1n) is 10.6.